The van der Waals surface area contributed by atoms with Crippen molar-refractivity contribution < 1.29 is 12.8 Å². The molecule has 0 aromatic heterocycles. The summed E-state index contributed by atoms with van der Waals surface area (Å²) in [5, 5.41) is 2.73. The normalized spacial score (nSPS) is 23.2. The molecule has 2 rings (SSSR count). The van der Waals surface area contributed by atoms with Crippen LogP contribution in [0.1, 0.15) is 39.0 Å². The minimum Gasteiger partial charge on any atom is -0.313 e. The highest BCUT2D eigenvalue weighted by atomic mass is 35.5. The van der Waals surface area contributed by atoms with Crippen molar-refractivity contribution in [1.82, 2.24) is 5.32 Å². The summed E-state index contributed by atoms with van der Waals surface area (Å²) >= 11 is 5.72. The number of sulfone groups is 1. The largest absolute Gasteiger partial charge is 0.313 e. The highest BCUT2D eigenvalue weighted by molar-refractivity contribution is 7.92. The quantitative estimate of drug-likeness (QED) is 0.838. The Labute approximate surface area is 130 Å². The average molecular weight is 334 g/mol. The van der Waals surface area contributed by atoms with Crippen LogP contribution >= 0.6 is 11.6 Å². The molecule has 0 heterocycles. The van der Waals surface area contributed by atoms with Crippen LogP contribution in [0.3, 0.4) is 0 Å². The molecule has 0 bridgehead atoms. The van der Waals surface area contributed by atoms with Crippen molar-refractivity contribution in [3.63, 3.8) is 0 Å². The predicted molar refractivity (Wildman–Crippen MR) is 82.9 cm³/mol. The second-order valence-electron chi connectivity index (χ2n) is 5.50. The third-order valence-corrected chi connectivity index (χ3v) is 6.54. The van der Waals surface area contributed by atoms with Crippen LogP contribution in [0.25, 0.3) is 0 Å². The van der Waals surface area contributed by atoms with Gasteiger partial charge in [0.25, 0.3) is 0 Å². The lowest BCUT2D eigenvalue weighted by atomic mass is 9.95. The summed E-state index contributed by atoms with van der Waals surface area (Å²) in [4.78, 5) is 0.115. The lowest BCUT2D eigenvalue weighted by Gasteiger charge is -2.32. The Morgan fingerprint density at radius 2 is 2.05 bits per heavy atom. The van der Waals surface area contributed by atoms with Gasteiger partial charge in [0, 0.05) is 6.04 Å². The lowest BCUT2D eigenvalue weighted by molar-refractivity contribution is 0.371. The molecule has 1 fully saturated rings. The van der Waals surface area contributed by atoms with E-state index in [2.05, 4.69) is 12.2 Å². The maximum absolute atomic E-state index is 13.2. The first-order valence-corrected chi connectivity index (χ1v) is 9.31. The van der Waals surface area contributed by atoms with Crippen LogP contribution in [0.5, 0.6) is 0 Å². The summed E-state index contributed by atoms with van der Waals surface area (Å²) in [5.41, 5.74) is 0. The van der Waals surface area contributed by atoms with Gasteiger partial charge in [-0.3, -0.25) is 0 Å². The number of hydrogen-bond acceptors (Lipinski definition) is 3. The van der Waals surface area contributed by atoms with Crippen molar-refractivity contribution in [2.24, 2.45) is 0 Å². The summed E-state index contributed by atoms with van der Waals surface area (Å²) in [6, 6.07) is 3.61. The molecular formula is C15H21ClFNO2S. The van der Waals surface area contributed by atoms with E-state index >= 15 is 0 Å². The molecule has 118 valence electrons. The number of nitrogens with one attached hydrogen (secondary N) is 1. The van der Waals surface area contributed by atoms with Crippen LogP contribution in [-0.2, 0) is 9.84 Å². The molecule has 0 aliphatic heterocycles. The highest BCUT2D eigenvalue weighted by Crippen LogP contribution is 2.30. The lowest BCUT2D eigenvalue weighted by Crippen LogP contribution is -2.46. The van der Waals surface area contributed by atoms with Gasteiger partial charge < -0.3 is 5.32 Å². The first-order chi connectivity index (χ1) is 9.96. The summed E-state index contributed by atoms with van der Waals surface area (Å²) in [5.74, 6) is -0.597. The molecule has 1 aromatic rings. The van der Waals surface area contributed by atoms with Crippen molar-refractivity contribution in [2.45, 2.75) is 55.2 Å². The molecule has 1 aromatic carbocycles. The summed E-state index contributed by atoms with van der Waals surface area (Å²) in [7, 11) is -3.49. The zero-order chi connectivity index (χ0) is 15.5. The van der Waals surface area contributed by atoms with Crippen molar-refractivity contribution >= 4 is 21.4 Å². The molecule has 0 amide bonds. The van der Waals surface area contributed by atoms with Gasteiger partial charge in [0.1, 0.15) is 5.82 Å². The Balaban J connectivity index is 2.28. The molecule has 2 unspecified atom stereocenters. The molecule has 3 nitrogen and oxygen atoms in total. The molecule has 1 aliphatic rings. The second kappa shape index (κ2) is 7.07. The maximum Gasteiger partial charge on any atom is 0.182 e. The van der Waals surface area contributed by atoms with Gasteiger partial charge in [-0.15, -0.1) is 0 Å². The van der Waals surface area contributed by atoms with Gasteiger partial charge >= 0.3 is 0 Å². The molecular weight excluding hydrogens is 313 g/mol. The van der Waals surface area contributed by atoms with Crippen LogP contribution in [-0.4, -0.2) is 26.3 Å². The van der Waals surface area contributed by atoms with Crippen molar-refractivity contribution in [3.05, 3.63) is 29.0 Å². The summed E-state index contributed by atoms with van der Waals surface area (Å²) in [6.45, 7) is 2.86. The van der Waals surface area contributed by atoms with Gasteiger partial charge in [0.2, 0.25) is 0 Å². The Kier molecular flexibility index (Phi) is 5.63. The average Bonchev–Trinajstić information content (AvgIpc) is 2.48. The number of rotatable bonds is 5. The third kappa shape index (κ3) is 3.76. The third-order valence-electron chi connectivity index (χ3n) is 3.98. The van der Waals surface area contributed by atoms with Gasteiger partial charge in [0.15, 0.2) is 9.84 Å². The van der Waals surface area contributed by atoms with Crippen LogP contribution < -0.4 is 5.32 Å². The number of halogens is 2. The molecule has 21 heavy (non-hydrogen) atoms. The zero-order valence-electron chi connectivity index (χ0n) is 12.1. The van der Waals surface area contributed by atoms with Crippen LogP contribution in [0.4, 0.5) is 4.39 Å². The van der Waals surface area contributed by atoms with Crippen molar-refractivity contribution in [2.75, 3.05) is 6.54 Å². The van der Waals surface area contributed by atoms with Crippen LogP contribution in [0.15, 0.2) is 23.1 Å². The molecule has 2 atom stereocenters. The molecule has 6 heteroatoms. The molecule has 0 radical (unpaired) electrons. The maximum atomic E-state index is 13.2. The Hall–Kier alpha value is -0.650. The fourth-order valence-corrected chi connectivity index (χ4v) is 5.14. The van der Waals surface area contributed by atoms with E-state index in [1.165, 1.54) is 12.1 Å². The van der Waals surface area contributed by atoms with Gasteiger partial charge in [-0.1, -0.05) is 31.4 Å². The van der Waals surface area contributed by atoms with E-state index in [0.717, 1.165) is 38.3 Å². The number of hydrogen-bond donors (Lipinski definition) is 1. The fourth-order valence-electron chi connectivity index (χ4n) is 2.86. The Morgan fingerprint density at radius 1 is 1.33 bits per heavy atom. The van der Waals surface area contributed by atoms with E-state index in [1.54, 1.807) is 0 Å². The smallest absolute Gasteiger partial charge is 0.182 e. The van der Waals surface area contributed by atoms with Crippen LogP contribution in [0, 0.1) is 5.82 Å². The highest BCUT2D eigenvalue weighted by Gasteiger charge is 2.36. The van der Waals surface area contributed by atoms with Crippen molar-refractivity contribution in [3.8, 4) is 0 Å². The van der Waals surface area contributed by atoms with Gasteiger partial charge in [0.05, 0.1) is 15.2 Å². The Morgan fingerprint density at radius 3 is 2.71 bits per heavy atom. The molecule has 0 saturated heterocycles. The SMILES string of the molecule is CCCNC1CCCCC1S(=O)(=O)c1ccc(F)c(Cl)c1. The van der Waals surface area contributed by atoms with E-state index in [9.17, 15) is 12.8 Å². The van der Waals surface area contributed by atoms with Gasteiger partial charge in [-0.25, -0.2) is 12.8 Å². The van der Waals surface area contributed by atoms with E-state index in [4.69, 9.17) is 11.6 Å². The second-order valence-corrected chi connectivity index (χ2v) is 8.08. The number of benzene rings is 1. The van der Waals surface area contributed by atoms with E-state index in [-0.39, 0.29) is 16.0 Å². The molecule has 1 N–H and O–H groups in total. The molecule has 0 spiro atoms. The van der Waals surface area contributed by atoms with E-state index < -0.39 is 20.9 Å². The zero-order valence-corrected chi connectivity index (χ0v) is 13.7. The standard InChI is InChI=1S/C15H21ClFNO2S/c1-2-9-18-14-5-3-4-6-15(14)21(19,20)11-7-8-13(17)12(16)10-11/h7-8,10,14-15,18H,2-6,9H2,1H3. The van der Waals surface area contributed by atoms with Crippen LogP contribution in [0.2, 0.25) is 5.02 Å². The van der Waals surface area contributed by atoms with Crippen molar-refractivity contribution in [1.29, 1.82) is 0 Å². The first kappa shape index (κ1) is 16.7. The molecule has 1 saturated carbocycles. The minimum absolute atomic E-state index is 0.0347. The monoisotopic (exact) mass is 333 g/mol. The molecule has 1 aliphatic carbocycles. The van der Waals surface area contributed by atoms with E-state index in [1.807, 2.05) is 0 Å². The van der Waals surface area contributed by atoms with E-state index in [0.29, 0.717) is 6.42 Å². The van der Waals surface area contributed by atoms with Gasteiger partial charge in [-0.05, 0) is 44.0 Å². The predicted octanol–water partition coefficient (Wildman–Crippen LogP) is 3.56. The Bertz CT molecular complexity index is 591. The minimum atomic E-state index is -3.49. The topological polar surface area (TPSA) is 46.2 Å². The summed E-state index contributed by atoms with van der Waals surface area (Å²) in [6.07, 6.45) is 4.41. The summed E-state index contributed by atoms with van der Waals surface area (Å²) < 4.78 is 38.8. The van der Waals surface area contributed by atoms with Gasteiger partial charge in [-0.2, -0.15) is 0 Å². The fraction of sp³-hybridized carbons (Fsp3) is 0.600. The first-order valence-electron chi connectivity index (χ1n) is 7.39.